The fourth-order valence-electron chi connectivity index (χ4n) is 2.19. The van der Waals surface area contributed by atoms with Crippen LogP contribution < -0.4 is 0 Å². The summed E-state index contributed by atoms with van der Waals surface area (Å²) in [5.41, 5.74) is 5.25. The molecule has 1 aromatic heterocycles. The molecule has 1 aliphatic heterocycles. The lowest BCUT2D eigenvalue weighted by Crippen LogP contribution is -2.16. The van der Waals surface area contributed by atoms with E-state index in [-0.39, 0.29) is 0 Å². The maximum Gasteiger partial charge on any atom is 0.0737 e. The molecule has 2 rings (SSSR count). The van der Waals surface area contributed by atoms with Crippen LogP contribution in [0, 0.1) is 0 Å². The van der Waals surface area contributed by atoms with Crippen LogP contribution in [-0.4, -0.2) is 11.6 Å². The Morgan fingerprint density at radius 3 is 2.56 bits per heavy atom. The van der Waals surface area contributed by atoms with E-state index in [1.54, 1.807) is 0 Å². The molecule has 2 heterocycles. The predicted molar refractivity (Wildman–Crippen MR) is 65.8 cm³/mol. The molecule has 0 saturated heterocycles. The Morgan fingerprint density at radius 2 is 1.94 bits per heavy atom. The smallest absolute Gasteiger partial charge is 0.0737 e. The third kappa shape index (κ3) is 2.12. The second kappa shape index (κ2) is 4.54. The number of fused-ring (bicyclic) bond motifs is 1. The molecule has 16 heavy (non-hydrogen) atoms. The molecule has 0 aliphatic carbocycles. The largest absolute Gasteiger partial charge is 0.376 e. The third-order valence-corrected chi connectivity index (χ3v) is 3.17. The second-order valence-electron chi connectivity index (χ2n) is 5.18. The van der Waals surface area contributed by atoms with Crippen molar-refractivity contribution in [3.8, 4) is 0 Å². The van der Waals surface area contributed by atoms with E-state index < -0.39 is 0 Å². The van der Waals surface area contributed by atoms with Gasteiger partial charge in [-0.3, -0.25) is 4.98 Å². The molecule has 88 valence electrons. The number of pyridine rings is 1. The number of nitrogens with zero attached hydrogens (tertiary/aromatic N) is 1. The molecule has 0 aromatic carbocycles. The Morgan fingerprint density at radius 1 is 1.19 bits per heavy atom. The lowest BCUT2D eigenvalue weighted by Gasteiger charge is -2.23. The highest BCUT2D eigenvalue weighted by Gasteiger charge is 2.19. The highest BCUT2D eigenvalue weighted by Crippen LogP contribution is 2.28. The lowest BCUT2D eigenvalue weighted by molar-refractivity contribution is 0.109. The van der Waals surface area contributed by atoms with Crippen molar-refractivity contribution in [2.24, 2.45) is 0 Å². The molecule has 0 amide bonds. The Bertz CT molecular complexity index is 383. The van der Waals surface area contributed by atoms with Crippen LogP contribution in [0.3, 0.4) is 0 Å². The Labute approximate surface area is 98.0 Å². The maximum atomic E-state index is 5.55. The first kappa shape index (κ1) is 11.6. The van der Waals surface area contributed by atoms with Gasteiger partial charge in [-0.1, -0.05) is 27.7 Å². The van der Waals surface area contributed by atoms with Crippen LogP contribution in [0.25, 0.3) is 0 Å². The van der Waals surface area contributed by atoms with Crippen molar-refractivity contribution in [1.82, 2.24) is 4.98 Å². The van der Waals surface area contributed by atoms with Crippen LogP contribution in [0.15, 0.2) is 6.07 Å². The van der Waals surface area contributed by atoms with Crippen LogP contribution in [0.4, 0.5) is 0 Å². The predicted octanol–water partition coefficient (Wildman–Crippen LogP) is 3.40. The Hall–Kier alpha value is -0.890. The summed E-state index contributed by atoms with van der Waals surface area (Å²) in [7, 11) is 0. The molecule has 0 bridgehead atoms. The van der Waals surface area contributed by atoms with Gasteiger partial charge < -0.3 is 4.74 Å². The van der Waals surface area contributed by atoms with Crippen LogP contribution in [-0.2, 0) is 17.8 Å². The number of ether oxygens (including phenoxy) is 1. The maximum absolute atomic E-state index is 5.55. The zero-order valence-corrected chi connectivity index (χ0v) is 10.7. The summed E-state index contributed by atoms with van der Waals surface area (Å²) in [6.45, 7) is 10.4. The van der Waals surface area contributed by atoms with Crippen molar-refractivity contribution in [3.63, 3.8) is 0 Å². The second-order valence-corrected chi connectivity index (χ2v) is 5.18. The van der Waals surface area contributed by atoms with Crippen molar-refractivity contribution < 1.29 is 4.74 Å². The molecule has 0 fully saturated rings. The van der Waals surface area contributed by atoms with Gasteiger partial charge in [-0.2, -0.15) is 0 Å². The van der Waals surface area contributed by atoms with Crippen LogP contribution in [0.5, 0.6) is 0 Å². The molecular formula is C14H21NO. The minimum absolute atomic E-state index is 0.481. The summed E-state index contributed by atoms with van der Waals surface area (Å²) in [6, 6.07) is 2.27. The summed E-state index contributed by atoms with van der Waals surface area (Å²) in [5, 5.41) is 0. The summed E-state index contributed by atoms with van der Waals surface area (Å²) < 4.78 is 5.55. The summed E-state index contributed by atoms with van der Waals surface area (Å²) in [4.78, 5) is 4.81. The van der Waals surface area contributed by atoms with Crippen molar-refractivity contribution in [1.29, 1.82) is 0 Å². The van der Waals surface area contributed by atoms with Gasteiger partial charge >= 0.3 is 0 Å². The molecule has 0 radical (unpaired) electrons. The first-order valence-corrected chi connectivity index (χ1v) is 6.20. The molecular weight excluding hydrogens is 198 g/mol. The summed E-state index contributed by atoms with van der Waals surface area (Å²) >= 11 is 0. The van der Waals surface area contributed by atoms with Crippen LogP contribution >= 0.6 is 0 Å². The van der Waals surface area contributed by atoms with Gasteiger partial charge in [0.05, 0.1) is 13.2 Å². The SMILES string of the molecule is CC(C)c1cc2c(c(C(C)C)n1)COCC2. The Balaban J connectivity index is 2.52. The molecule has 0 unspecified atom stereocenters. The highest BCUT2D eigenvalue weighted by atomic mass is 16.5. The minimum Gasteiger partial charge on any atom is -0.376 e. The van der Waals surface area contributed by atoms with E-state index in [0.717, 1.165) is 19.6 Å². The van der Waals surface area contributed by atoms with Crippen LogP contribution in [0.1, 0.15) is 62.0 Å². The number of hydrogen-bond donors (Lipinski definition) is 0. The molecule has 0 N–H and O–H groups in total. The van der Waals surface area contributed by atoms with Crippen LogP contribution in [0.2, 0.25) is 0 Å². The van der Waals surface area contributed by atoms with Gasteiger partial charge in [0.15, 0.2) is 0 Å². The zero-order chi connectivity index (χ0) is 11.7. The van der Waals surface area contributed by atoms with Crippen molar-refractivity contribution >= 4 is 0 Å². The molecule has 1 aliphatic rings. The van der Waals surface area contributed by atoms with E-state index in [1.165, 1.54) is 22.5 Å². The molecule has 0 spiro atoms. The van der Waals surface area contributed by atoms with E-state index in [0.29, 0.717) is 11.8 Å². The Kier molecular flexibility index (Phi) is 3.29. The van der Waals surface area contributed by atoms with Gasteiger partial charge in [-0.15, -0.1) is 0 Å². The van der Waals surface area contributed by atoms with Crippen molar-refractivity contribution in [2.45, 2.75) is 52.6 Å². The first-order valence-electron chi connectivity index (χ1n) is 6.20. The number of hydrogen-bond acceptors (Lipinski definition) is 2. The van der Waals surface area contributed by atoms with Crippen molar-refractivity contribution in [3.05, 3.63) is 28.6 Å². The fourth-order valence-corrected chi connectivity index (χ4v) is 2.19. The average Bonchev–Trinajstić information content (AvgIpc) is 2.27. The lowest BCUT2D eigenvalue weighted by atomic mass is 9.94. The quantitative estimate of drug-likeness (QED) is 0.760. The van der Waals surface area contributed by atoms with E-state index in [1.807, 2.05) is 0 Å². The topological polar surface area (TPSA) is 22.1 Å². The molecule has 1 aromatic rings. The van der Waals surface area contributed by atoms with Gasteiger partial charge in [0.1, 0.15) is 0 Å². The molecule has 0 saturated carbocycles. The number of rotatable bonds is 2. The van der Waals surface area contributed by atoms with E-state index in [9.17, 15) is 0 Å². The monoisotopic (exact) mass is 219 g/mol. The van der Waals surface area contributed by atoms with Gasteiger partial charge in [0.25, 0.3) is 0 Å². The van der Waals surface area contributed by atoms with Gasteiger partial charge in [0, 0.05) is 17.0 Å². The number of aromatic nitrogens is 1. The molecule has 2 nitrogen and oxygen atoms in total. The minimum atomic E-state index is 0.481. The summed E-state index contributed by atoms with van der Waals surface area (Å²) in [6.07, 6.45) is 1.04. The van der Waals surface area contributed by atoms with Gasteiger partial charge in [-0.25, -0.2) is 0 Å². The molecule has 2 heteroatoms. The zero-order valence-electron chi connectivity index (χ0n) is 10.7. The van der Waals surface area contributed by atoms with E-state index >= 15 is 0 Å². The van der Waals surface area contributed by atoms with E-state index in [2.05, 4.69) is 33.8 Å². The summed E-state index contributed by atoms with van der Waals surface area (Å²) in [5.74, 6) is 0.986. The average molecular weight is 219 g/mol. The van der Waals surface area contributed by atoms with Gasteiger partial charge in [-0.05, 0) is 29.9 Å². The van der Waals surface area contributed by atoms with E-state index in [4.69, 9.17) is 9.72 Å². The third-order valence-electron chi connectivity index (χ3n) is 3.17. The molecule has 0 atom stereocenters. The normalized spacial score (nSPS) is 15.6. The first-order chi connectivity index (χ1) is 7.59. The standard InChI is InChI=1S/C14H21NO/c1-9(2)13-7-11-5-6-16-8-12(11)14(15-13)10(3)4/h7,9-10H,5-6,8H2,1-4H3. The van der Waals surface area contributed by atoms with Crippen molar-refractivity contribution in [2.75, 3.05) is 6.61 Å². The van der Waals surface area contributed by atoms with Gasteiger partial charge in [0.2, 0.25) is 0 Å². The fraction of sp³-hybridized carbons (Fsp3) is 0.643. The highest BCUT2D eigenvalue weighted by molar-refractivity contribution is 5.36.